The van der Waals surface area contributed by atoms with Gasteiger partial charge in [-0.1, -0.05) is 30.3 Å². The Labute approximate surface area is 122 Å². The summed E-state index contributed by atoms with van der Waals surface area (Å²) in [6.07, 6.45) is 5.68. The Bertz CT molecular complexity index is 736. The molecule has 0 aliphatic carbocycles. The normalized spacial score (nSPS) is 10.7. The van der Waals surface area contributed by atoms with Crippen LogP contribution in [0.3, 0.4) is 0 Å². The number of benzene rings is 1. The van der Waals surface area contributed by atoms with E-state index in [1.54, 1.807) is 10.7 Å². The number of nitrogens with one attached hydrogen (secondary N) is 1. The molecule has 0 saturated heterocycles. The molecule has 2 aromatic heterocycles. The first kappa shape index (κ1) is 13.3. The van der Waals surface area contributed by atoms with Gasteiger partial charge in [-0.25, -0.2) is 0 Å². The molecule has 5 heteroatoms. The summed E-state index contributed by atoms with van der Waals surface area (Å²) in [5.41, 5.74) is 2.61. The Morgan fingerprint density at radius 1 is 1.14 bits per heavy atom. The summed E-state index contributed by atoms with van der Waals surface area (Å²) in [4.78, 5) is 12.0. The monoisotopic (exact) mass is 280 g/mol. The van der Waals surface area contributed by atoms with E-state index in [0.29, 0.717) is 17.8 Å². The molecule has 0 spiro atoms. The molecular formula is C16H16N4O. The molecule has 0 atom stereocenters. The summed E-state index contributed by atoms with van der Waals surface area (Å²) < 4.78 is 1.78. The van der Waals surface area contributed by atoms with Crippen LogP contribution in [0.2, 0.25) is 0 Å². The fourth-order valence-corrected chi connectivity index (χ4v) is 2.26. The van der Waals surface area contributed by atoms with Crippen molar-refractivity contribution in [3.8, 4) is 0 Å². The summed E-state index contributed by atoms with van der Waals surface area (Å²) >= 11 is 0. The zero-order chi connectivity index (χ0) is 14.5. The van der Waals surface area contributed by atoms with Crippen LogP contribution in [0, 0.1) is 0 Å². The van der Waals surface area contributed by atoms with Gasteiger partial charge >= 0.3 is 0 Å². The Balaban J connectivity index is 1.56. The Hall–Kier alpha value is -2.69. The molecule has 0 fully saturated rings. The summed E-state index contributed by atoms with van der Waals surface area (Å²) in [6.45, 7) is 0. The Morgan fingerprint density at radius 2 is 2.00 bits per heavy atom. The molecule has 5 nitrogen and oxygen atoms in total. The highest BCUT2D eigenvalue weighted by molar-refractivity contribution is 5.94. The number of carbonyl (C=O) groups excluding carboxylic acids is 1. The average molecular weight is 280 g/mol. The lowest BCUT2D eigenvalue weighted by atomic mass is 10.1. The van der Waals surface area contributed by atoms with Crippen LogP contribution in [0.4, 0.5) is 5.69 Å². The van der Waals surface area contributed by atoms with E-state index >= 15 is 0 Å². The van der Waals surface area contributed by atoms with Crippen LogP contribution in [0.1, 0.15) is 18.4 Å². The van der Waals surface area contributed by atoms with Crippen molar-refractivity contribution in [2.24, 2.45) is 0 Å². The lowest BCUT2D eigenvalue weighted by molar-refractivity contribution is -0.116. The van der Waals surface area contributed by atoms with Gasteiger partial charge in [-0.05, 0) is 30.5 Å². The minimum atomic E-state index is 0.00188. The first-order valence-corrected chi connectivity index (χ1v) is 6.95. The predicted molar refractivity (Wildman–Crippen MR) is 81.0 cm³/mol. The maximum atomic E-state index is 12.0. The van der Waals surface area contributed by atoms with Gasteiger partial charge in [0, 0.05) is 12.6 Å². The number of hydrogen-bond acceptors (Lipinski definition) is 3. The summed E-state index contributed by atoms with van der Waals surface area (Å²) in [6, 6.07) is 13.9. The zero-order valence-corrected chi connectivity index (χ0v) is 11.6. The molecule has 0 bridgehead atoms. The second kappa shape index (κ2) is 6.17. The van der Waals surface area contributed by atoms with E-state index in [4.69, 9.17) is 0 Å². The molecule has 1 N–H and O–H groups in total. The third kappa shape index (κ3) is 3.25. The van der Waals surface area contributed by atoms with E-state index in [2.05, 4.69) is 27.6 Å². The molecule has 0 unspecified atom stereocenters. The van der Waals surface area contributed by atoms with Gasteiger partial charge in [-0.2, -0.15) is 0 Å². The molecular weight excluding hydrogens is 264 g/mol. The molecule has 1 aromatic carbocycles. The van der Waals surface area contributed by atoms with Gasteiger partial charge < -0.3 is 5.32 Å². The molecule has 3 aromatic rings. The van der Waals surface area contributed by atoms with Crippen LogP contribution in [-0.4, -0.2) is 20.5 Å². The number of amides is 1. The summed E-state index contributed by atoms with van der Waals surface area (Å²) in [5.74, 6) is 0.00188. The van der Waals surface area contributed by atoms with Crippen molar-refractivity contribution in [1.82, 2.24) is 14.6 Å². The van der Waals surface area contributed by atoms with Crippen molar-refractivity contribution >= 4 is 17.2 Å². The molecule has 106 valence electrons. The number of fused-ring (bicyclic) bond motifs is 1. The number of anilines is 1. The lowest BCUT2D eigenvalue weighted by Crippen LogP contribution is -2.12. The van der Waals surface area contributed by atoms with Crippen molar-refractivity contribution < 1.29 is 4.79 Å². The van der Waals surface area contributed by atoms with E-state index in [1.807, 2.05) is 36.5 Å². The Morgan fingerprint density at radius 3 is 2.86 bits per heavy atom. The van der Waals surface area contributed by atoms with Crippen molar-refractivity contribution in [2.45, 2.75) is 19.3 Å². The van der Waals surface area contributed by atoms with Gasteiger partial charge in [0.25, 0.3) is 0 Å². The minimum Gasteiger partial charge on any atom is -0.323 e. The van der Waals surface area contributed by atoms with Gasteiger partial charge in [-0.3, -0.25) is 9.20 Å². The SMILES string of the molecule is O=C(CCCc1ccccc1)Nc1cccn2cnnc12. The highest BCUT2D eigenvalue weighted by atomic mass is 16.1. The topological polar surface area (TPSA) is 59.3 Å². The lowest BCUT2D eigenvalue weighted by Gasteiger charge is -2.06. The first-order valence-electron chi connectivity index (χ1n) is 6.95. The number of aryl methyl sites for hydroxylation is 1. The predicted octanol–water partition coefficient (Wildman–Crippen LogP) is 2.69. The fourth-order valence-electron chi connectivity index (χ4n) is 2.26. The molecule has 0 radical (unpaired) electrons. The summed E-state index contributed by atoms with van der Waals surface area (Å²) in [5, 5.41) is 10.7. The van der Waals surface area contributed by atoms with E-state index < -0.39 is 0 Å². The van der Waals surface area contributed by atoms with Crippen molar-refractivity contribution in [1.29, 1.82) is 0 Å². The van der Waals surface area contributed by atoms with Crippen molar-refractivity contribution in [3.05, 3.63) is 60.6 Å². The van der Waals surface area contributed by atoms with E-state index in [9.17, 15) is 4.79 Å². The molecule has 0 saturated carbocycles. The number of aromatic nitrogens is 3. The quantitative estimate of drug-likeness (QED) is 0.781. The first-order chi connectivity index (χ1) is 10.3. The number of rotatable bonds is 5. The van der Waals surface area contributed by atoms with Gasteiger partial charge in [0.1, 0.15) is 6.33 Å². The minimum absolute atomic E-state index is 0.00188. The highest BCUT2D eigenvalue weighted by Crippen LogP contribution is 2.14. The standard InChI is InChI=1S/C16H16N4O/c21-15(10-4-8-13-6-2-1-3-7-13)18-14-9-5-11-20-12-17-19-16(14)20/h1-3,5-7,9,11-12H,4,8,10H2,(H,18,21). The molecule has 2 heterocycles. The van der Waals surface area contributed by atoms with E-state index in [-0.39, 0.29) is 5.91 Å². The smallest absolute Gasteiger partial charge is 0.224 e. The van der Waals surface area contributed by atoms with Crippen LogP contribution in [0.25, 0.3) is 5.65 Å². The van der Waals surface area contributed by atoms with Crippen LogP contribution in [0.5, 0.6) is 0 Å². The van der Waals surface area contributed by atoms with E-state index in [1.165, 1.54) is 5.56 Å². The van der Waals surface area contributed by atoms with Crippen LogP contribution in [0.15, 0.2) is 55.0 Å². The molecule has 0 aliphatic heterocycles. The molecule has 21 heavy (non-hydrogen) atoms. The second-order valence-electron chi connectivity index (χ2n) is 4.87. The van der Waals surface area contributed by atoms with Crippen LogP contribution in [-0.2, 0) is 11.2 Å². The zero-order valence-electron chi connectivity index (χ0n) is 11.6. The third-order valence-corrected chi connectivity index (χ3v) is 3.31. The highest BCUT2D eigenvalue weighted by Gasteiger charge is 2.07. The van der Waals surface area contributed by atoms with Gasteiger partial charge in [0.05, 0.1) is 5.69 Å². The fraction of sp³-hybridized carbons (Fsp3) is 0.188. The van der Waals surface area contributed by atoms with Crippen molar-refractivity contribution in [2.75, 3.05) is 5.32 Å². The third-order valence-electron chi connectivity index (χ3n) is 3.31. The molecule has 3 rings (SSSR count). The van der Waals surface area contributed by atoms with Crippen LogP contribution < -0.4 is 5.32 Å². The Kier molecular flexibility index (Phi) is 3.91. The van der Waals surface area contributed by atoms with Gasteiger partial charge in [-0.15, -0.1) is 10.2 Å². The maximum Gasteiger partial charge on any atom is 0.224 e. The van der Waals surface area contributed by atoms with Crippen LogP contribution >= 0.6 is 0 Å². The van der Waals surface area contributed by atoms with Crippen molar-refractivity contribution in [3.63, 3.8) is 0 Å². The number of nitrogens with zero attached hydrogens (tertiary/aromatic N) is 3. The largest absolute Gasteiger partial charge is 0.323 e. The average Bonchev–Trinajstić information content (AvgIpc) is 2.98. The maximum absolute atomic E-state index is 12.0. The van der Waals surface area contributed by atoms with Gasteiger partial charge in [0.15, 0.2) is 5.65 Å². The number of carbonyl (C=O) groups is 1. The number of hydrogen-bond donors (Lipinski definition) is 1. The van der Waals surface area contributed by atoms with Gasteiger partial charge in [0.2, 0.25) is 5.91 Å². The summed E-state index contributed by atoms with van der Waals surface area (Å²) in [7, 11) is 0. The molecule has 1 amide bonds. The second-order valence-corrected chi connectivity index (χ2v) is 4.87. The number of pyridine rings is 1. The molecule has 0 aliphatic rings. The van der Waals surface area contributed by atoms with E-state index in [0.717, 1.165) is 12.8 Å².